The fourth-order valence-corrected chi connectivity index (χ4v) is 2.88. The van der Waals surface area contributed by atoms with Gasteiger partial charge in [0.2, 0.25) is 0 Å². The molecule has 21 heavy (non-hydrogen) atoms. The number of aromatic nitrogens is 2. The topological polar surface area (TPSA) is 44.0 Å². The van der Waals surface area contributed by atoms with Gasteiger partial charge in [-0.25, -0.2) is 0 Å². The van der Waals surface area contributed by atoms with E-state index in [1.165, 1.54) is 16.7 Å². The quantitative estimate of drug-likeness (QED) is 0.916. The van der Waals surface area contributed by atoms with Crippen LogP contribution in [0, 0.1) is 6.92 Å². The number of rotatable bonds is 3. The number of piperazine rings is 1. The molecule has 0 spiro atoms. The van der Waals surface area contributed by atoms with Gasteiger partial charge in [-0.15, -0.1) is 12.4 Å². The number of nitrogens with zero attached hydrogens (tertiary/aromatic N) is 2. The van der Waals surface area contributed by atoms with Crippen molar-refractivity contribution in [3.63, 3.8) is 0 Å². The fourth-order valence-electron chi connectivity index (χ4n) is 2.88. The summed E-state index contributed by atoms with van der Waals surface area (Å²) in [7, 11) is 0. The summed E-state index contributed by atoms with van der Waals surface area (Å²) in [5.41, 5.74) is 4.93. The molecule has 2 N–H and O–H groups in total. The molecule has 1 unspecified atom stereocenters. The minimum absolute atomic E-state index is 0. The van der Waals surface area contributed by atoms with E-state index in [0.29, 0.717) is 6.04 Å². The van der Waals surface area contributed by atoms with Crippen molar-refractivity contribution < 1.29 is 0 Å². The van der Waals surface area contributed by atoms with Crippen LogP contribution in [0.25, 0.3) is 11.3 Å². The lowest BCUT2D eigenvalue weighted by Gasteiger charge is -2.31. The average Bonchev–Trinajstić information content (AvgIpc) is 2.87. The van der Waals surface area contributed by atoms with Gasteiger partial charge in [0, 0.05) is 43.3 Å². The lowest BCUT2D eigenvalue weighted by atomic mass is 10.1. The van der Waals surface area contributed by atoms with Crippen LogP contribution >= 0.6 is 12.4 Å². The fraction of sp³-hybridized carbons (Fsp3) is 0.438. The Morgan fingerprint density at radius 3 is 3.00 bits per heavy atom. The van der Waals surface area contributed by atoms with Crippen LogP contribution in [0.2, 0.25) is 0 Å². The van der Waals surface area contributed by atoms with Crippen molar-refractivity contribution in [1.29, 1.82) is 0 Å². The molecule has 0 radical (unpaired) electrons. The van der Waals surface area contributed by atoms with E-state index < -0.39 is 0 Å². The Bertz CT molecular complexity index is 581. The number of nitrogens with one attached hydrogen (secondary N) is 2. The predicted octanol–water partition coefficient (Wildman–Crippen LogP) is 2.60. The van der Waals surface area contributed by atoms with Gasteiger partial charge in [-0.2, -0.15) is 5.10 Å². The molecule has 1 atom stereocenters. The Balaban J connectivity index is 0.00000161. The lowest BCUT2D eigenvalue weighted by Crippen LogP contribution is -2.48. The van der Waals surface area contributed by atoms with E-state index in [2.05, 4.69) is 58.5 Å². The second-order valence-corrected chi connectivity index (χ2v) is 5.73. The molecule has 5 heteroatoms. The van der Waals surface area contributed by atoms with Gasteiger partial charge in [0.15, 0.2) is 0 Å². The second-order valence-electron chi connectivity index (χ2n) is 5.73. The summed E-state index contributed by atoms with van der Waals surface area (Å²) in [6.45, 7) is 8.59. The zero-order chi connectivity index (χ0) is 13.9. The summed E-state index contributed by atoms with van der Waals surface area (Å²) in [6.07, 6.45) is 1.96. The number of hydrogen-bond donors (Lipinski definition) is 2. The van der Waals surface area contributed by atoms with Gasteiger partial charge in [0.1, 0.15) is 0 Å². The normalized spacial score (nSPS) is 19.2. The first kappa shape index (κ1) is 16.0. The molecule has 1 aromatic carbocycles. The van der Waals surface area contributed by atoms with E-state index in [0.717, 1.165) is 31.9 Å². The highest BCUT2D eigenvalue weighted by atomic mass is 35.5. The first-order valence-electron chi connectivity index (χ1n) is 7.27. The van der Waals surface area contributed by atoms with Gasteiger partial charge >= 0.3 is 0 Å². The number of aromatic amines is 1. The minimum atomic E-state index is 0. The monoisotopic (exact) mass is 306 g/mol. The van der Waals surface area contributed by atoms with Crippen LogP contribution in [-0.4, -0.2) is 40.8 Å². The zero-order valence-corrected chi connectivity index (χ0v) is 13.4. The first-order valence-corrected chi connectivity index (χ1v) is 7.27. The van der Waals surface area contributed by atoms with E-state index in [9.17, 15) is 0 Å². The standard InChI is InChI=1S/C16H22N4.ClH/c1-12-4-3-5-14(8-12)16-15(9-18-19-16)11-20-7-6-17-13(2)10-20;/h3-5,8-9,13,17H,6-7,10-11H2,1-2H3,(H,18,19);1H. The largest absolute Gasteiger partial charge is 0.312 e. The average molecular weight is 307 g/mol. The highest BCUT2D eigenvalue weighted by Crippen LogP contribution is 2.23. The van der Waals surface area contributed by atoms with Crippen LogP contribution in [0.1, 0.15) is 18.1 Å². The van der Waals surface area contributed by atoms with E-state index in [1.807, 2.05) is 6.20 Å². The summed E-state index contributed by atoms with van der Waals surface area (Å²) < 4.78 is 0. The predicted molar refractivity (Wildman–Crippen MR) is 88.8 cm³/mol. The van der Waals surface area contributed by atoms with Crippen molar-refractivity contribution >= 4 is 12.4 Å². The Morgan fingerprint density at radius 1 is 1.38 bits per heavy atom. The molecule has 2 aromatic rings. The molecule has 4 nitrogen and oxygen atoms in total. The van der Waals surface area contributed by atoms with Crippen molar-refractivity contribution in [3.05, 3.63) is 41.6 Å². The molecule has 0 amide bonds. The molecule has 1 fully saturated rings. The van der Waals surface area contributed by atoms with Crippen molar-refractivity contribution in [2.75, 3.05) is 19.6 Å². The number of H-pyrrole nitrogens is 1. The molecular formula is C16H23ClN4. The number of hydrogen-bond acceptors (Lipinski definition) is 3. The molecule has 1 saturated heterocycles. The van der Waals surface area contributed by atoms with Crippen LogP contribution in [0.15, 0.2) is 30.5 Å². The maximum atomic E-state index is 4.25. The highest BCUT2D eigenvalue weighted by Gasteiger charge is 2.18. The van der Waals surface area contributed by atoms with Gasteiger partial charge in [-0.3, -0.25) is 10.00 Å². The summed E-state index contributed by atoms with van der Waals surface area (Å²) in [5.74, 6) is 0. The first-order chi connectivity index (χ1) is 9.72. The molecule has 2 heterocycles. The molecule has 0 bridgehead atoms. The molecule has 114 valence electrons. The molecule has 1 aromatic heterocycles. The SMILES string of the molecule is Cc1cccc(-c2[nH]ncc2CN2CCNC(C)C2)c1.Cl. The molecular weight excluding hydrogens is 284 g/mol. The number of benzene rings is 1. The molecule has 3 rings (SSSR count). The van der Waals surface area contributed by atoms with E-state index >= 15 is 0 Å². The van der Waals surface area contributed by atoms with Gasteiger partial charge in [0.05, 0.1) is 11.9 Å². The third kappa shape index (κ3) is 3.84. The molecule has 0 aliphatic carbocycles. The van der Waals surface area contributed by atoms with Crippen LogP contribution < -0.4 is 5.32 Å². The Hall–Kier alpha value is -1.36. The van der Waals surface area contributed by atoms with Gasteiger partial charge < -0.3 is 5.32 Å². The maximum Gasteiger partial charge on any atom is 0.0695 e. The van der Waals surface area contributed by atoms with Crippen molar-refractivity contribution in [2.24, 2.45) is 0 Å². The van der Waals surface area contributed by atoms with Crippen LogP contribution in [0.4, 0.5) is 0 Å². The van der Waals surface area contributed by atoms with Crippen molar-refractivity contribution in [2.45, 2.75) is 26.4 Å². The summed E-state index contributed by atoms with van der Waals surface area (Å²) in [6, 6.07) is 9.14. The maximum absolute atomic E-state index is 4.25. The van der Waals surface area contributed by atoms with E-state index in [1.54, 1.807) is 0 Å². The van der Waals surface area contributed by atoms with Crippen LogP contribution in [0.3, 0.4) is 0 Å². The third-order valence-corrected chi connectivity index (χ3v) is 3.87. The minimum Gasteiger partial charge on any atom is -0.312 e. The van der Waals surface area contributed by atoms with E-state index in [-0.39, 0.29) is 12.4 Å². The summed E-state index contributed by atoms with van der Waals surface area (Å²) in [4.78, 5) is 2.49. The van der Waals surface area contributed by atoms with Crippen LogP contribution in [-0.2, 0) is 6.54 Å². The highest BCUT2D eigenvalue weighted by molar-refractivity contribution is 5.85. The van der Waals surface area contributed by atoms with E-state index in [4.69, 9.17) is 0 Å². The smallest absolute Gasteiger partial charge is 0.0695 e. The molecule has 1 aliphatic rings. The summed E-state index contributed by atoms with van der Waals surface area (Å²) >= 11 is 0. The molecule has 0 saturated carbocycles. The second kappa shape index (κ2) is 7.07. The van der Waals surface area contributed by atoms with Gasteiger partial charge in [0.25, 0.3) is 0 Å². The van der Waals surface area contributed by atoms with Crippen molar-refractivity contribution in [1.82, 2.24) is 20.4 Å². The lowest BCUT2D eigenvalue weighted by molar-refractivity contribution is 0.200. The Kier molecular flexibility index (Phi) is 5.39. The third-order valence-electron chi connectivity index (χ3n) is 3.87. The molecule has 1 aliphatic heterocycles. The van der Waals surface area contributed by atoms with Gasteiger partial charge in [-0.1, -0.05) is 23.8 Å². The number of halogens is 1. The van der Waals surface area contributed by atoms with Crippen LogP contribution in [0.5, 0.6) is 0 Å². The number of aryl methyl sites for hydroxylation is 1. The Labute approximate surface area is 132 Å². The summed E-state index contributed by atoms with van der Waals surface area (Å²) in [5, 5.41) is 10.9. The Morgan fingerprint density at radius 2 is 2.24 bits per heavy atom. The zero-order valence-electron chi connectivity index (χ0n) is 12.6. The van der Waals surface area contributed by atoms with Gasteiger partial charge in [-0.05, 0) is 19.9 Å². The van der Waals surface area contributed by atoms with Crippen molar-refractivity contribution in [3.8, 4) is 11.3 Å².